The van der Waals surface area contributed by atoms with Crippen LogP contribution in [-0.2, 0) is 4.79 Å². The molecule has 0 saturated heterocycles. The largest absolute Gasteiger partial charge is 0.456 e. The number of anilines is 1. The van der Waals surface area contributed by atoms with Crippen molar-refractivity contribution in [1.82, 2.24) is 0 Å². The number of alkyl halides is 1. The monoisotopic (exact) mass is 407 g/mol. The summed E-state index contributed by atoms with van der Waals surface area (Å²) in [6.07, 6.45) is 0. The molecule has 1 atom stereocenters. The molecule has 1 N–H and O–H groups in total. The molecule has 0 aliphatic heterocycles. The van der Waals surface area contributed by atoms with Gasteiger partial charge in [0.2, 0.25) is 5.91 Å². The lowest BCUT2D eigenvalue weighted by Gasteiger charge is -2.11. The molecular weight excluding hydrogens is 393 g/mol. The Bertz CT molecular complexity index is 1240. The Morgan fingerprint density at radius 3 is 2.41 bits per heavy atom. The van der Waals surface area contributed by atoms with Gasteiger partial charge in [-0.1, -0.05) is 30.3 Å². The normalized spacial score (nSPS) is 11.9. The summed E-state index contributed by atoms with van der Waals surface area (Å²) in [5.41, 5.74) is 1.80. The minimum atomic E-state index is -0.857. The van der Waals surface area contributed by atoms with E-state index < -0.39 is 11.3 Å². The van der Waals surface area contributed by atoms with E-state index in [2.05, 4.69) is 5.32 Å². The van der Waals surface area contributed by atoms with E-state index >= 15 is 0 Å². The molecule has 1 aromatic heterocycles. The Morgan fingerprint density at radius 1 is 0.966 bits per heavy atom. The molecule has 1 amide bonds. The summed E-state index contributed by atoms with van der Waals surface area (Å²) in [6.45, 7) is 0. The van der Waals surface area contributed by atoms with Crippen LogP contribution in [0.5, 0.6) is 0 Å². The first kappa shape index (κ1) is 18.9. The van der Waals surface area contributed by atoms with Crippen LogP contribution in [0.15, 0.2) is 88.1 Å². The van der Waals surface area contributed by atoms with Crippen LogP contribution < -0.4 is 10.7 Å². The topological polar surface area (TPSA) is 59.3 Å². The summed E-state index contributed by atoms with van der Waals surface area (Å²) < 4.78 is 18.9. The van der Waals surface area contributed by atoms with Crippen LogP contribution in [-0.4, -0.2) is 5.91 Å². The third-order valence-corrected chi connectivity index (χ3v) is 4.90. The summed E-state index contributed by atoms with van der Waals surface area (Å²) in [6, 6.07) is 20.8. The number of carbonyl (C=O) groups is 1. The molecule has 1 heterocycles. The van der Waals surface area contributed by atoms with Gasteiger partial charge < -0.3 is 9.73 Å². The number of nitrogens with one attached hydrogen (secondary N) is 1. The van der Waals surface area contributed by atoms with Crippen molar-refractivity contribution in [3.05, 3.63) is 100 Å². The Balaban J connectivity index is 1.62. The number of amides is 1. The lowest BCUT2D eigenvalue weighted by atomic mass is 10.1. The number of halogens is 2. The zero-order valence-corrected chi connectivity index (χ0v) is 15.8. The highest BCUT2D eigenvalue weighted by molar-refractivity contribution is 6.32. The Hall–Kier alpha value is -3.44. The molecule has 0 fully saturated rings. The van der Waals surface area contributed by atoms with Crippen molar-refractivity contribution in [2.75, 3.05) is 5.32 Å². The van der Waals surface area contributed by atoms with Gasteiger partial charge in [0.25, 0.3) is 0 Å². The fraction of sp³-hybridized carbons (Fsp3) is 0.0435. The molecule has 4 nitrogen and oxygen atoms in total. The minimum absolute atomic E-state index is 0.271. The molecule has 0 spiro atoms. The van der Waals surface area contributed by atoms with Gasteiger partial charge in [-0.05, 0) is 48.0 Å². The zero-order chi connectivity index (χ0) is 20.4. The second kappa shape index (κ2) is 7.89. The SMILES string of the molecule is O=C(Nc1ccc2oc(-c3ccc(F)cc3)cc(=O)c2c1)C(Cl)c1ccccc1. The Labute approximate surface area is 170 Å². The van der Waals surface area contributed by atoms with Crippen LogP contribution in [0.4, 0.5) is 10.1 Å². The fourth-order valence-electron chi connectivity index (χ4n) is 2.97. The molecule has 144 valence electrons. The molecule has 0 bridgehead atoms. The maximum Gasteiger partial charge on any atom is 0.246 e. The van der Waals surface area contributed by atoms with Gasteiger partial charge in [0.1, 0.15) is 22.5 Å². The standard InChI is InChI=1S/C23H15ClFNO3/c24-22(15-4-2-1-3-5-15)23(28)26-17-10-11-20-18(12-17)19(27)13-21(29-20)14-6-8-16(25)9-7-14/h1-13,22H,(H,26,28). The van der Waals surface area contributed by atoms with E-state index in [1.807, 2.05) is 6.07 Å². The predicted molar refractivity (Wildman–Crippen MR) is 112 cm³/mol. The first-order chi connectivity index (χ1) is 14.0. The molecule has 1 unspecified atom stereocenters. The quantitative estimate of drug-likeness (QED) is 0.453. The van der Waals surface area contributed by atoms with Gasteiger partial charge >= 0.3 is 0 Å². The van der Waals surface area contributed by atoms with E-state index in [-0.39, 0.29) is 11.2 Å². The van der Waals surface area contributed by atoms with Gasteiger partial charge in [-0.15, -0.1) is 11.6 Å². The number of carbonyl (C=O) groups excluding carboxylic acids is 1. The van der Waals surface area contributed by atoms with Crippen molar-refractivity contribution in [3.8, 4) is 11.3 Å². The highest BCUT2D eigenvalue weighted by Crippen LogP contribution is 2.26. The van der Waals surface area contributed by atoms with Crippen LogP contribution in [0.1, 0.15) is 10.9 Å². The fourth-order valence-corrected chi connectivity index (χ4v) is 3.17. The Morgan fingerprint density at radius 2 is 1.69 bits per heavy atom. The predicted octanol–water partition coefficient (Wildman–Crippen LogP) is 5.52. The summed E-state index contributed by atoms with van der Waals surface area (Å²) in [5, 5.41) is 2.18. The van der Waals surface area contributed by atoms with Crippen molar-refractivity contribution in [3.63, 3.8) is 0 Å². The third kappa shape index (κ3) is 4.05. The van der Waals surface area contributed by atoms with Crippen molar-refractivity contribution >= 4 is 34.2 Å². The molecule has 6 heteroatoms. The number of hydrogen-bond acceptors (Lipinski definition) is 3. The van der Waals surface area contributed by atoms with E-state index in [4.69, 9.17) is 16.0 Å². The van der Waals surface area contributed by atoms with Crippen LogP contribution >= 0.6 is 11.6 Å². The number of hydrogen-bond donors (Lipinski definition) is 1. The highest BCUT2D eigenvalue weighted by atomic mass is 35.5. The number of fused-ring (bicyclic) bond motifs is 1. The molecule has 4 aromatic rings. The maximum absolute atomic E-state index is 13.1. The lowest BCUT2D eigenvalue weighted by Crippen LogP contribution is -2.17. The van der Waals surface area contributed by atoms with Gasteiger partial charge in [-0.25, -0.2) is 4.39 Å². The van der Waals surface area contributed by atoms with Gasteiger partial charge in [0.05, 0.1) is 5.39 Å². The summed E-state index contributed by atoms with van der Waals surface area (Å²) in [5.74, 6) is -0.431. The van der Waals surface area contributed by atoms with E-state index in [1.54, 1.807) is 42.5 Å². The second-order valence-corrected chi connectivity index (χ2v) is 6.89. The second-order valence-electron chi connectivity index (χ2n) is 6.46. The van der Waals surface area contributed by atoms with E-state index in [1.165, 1.54) is 30.3 Å². The first-order valence-electron chi connectivity index (χ1n) is 8.85. The van der Waals surface area contributed by atoms with Crippen LogP contribution in [0.2, 0.25) is 0 Å². The third-order valence-electron chi connectivity index (χ3n) is 4.45. The van der Waals surface area contributed by atoms with E-state index in [0.29, 0.717) is 33.5 Å². The first-order valence-corrected chi connectivity index (χ1v) is 9.28. The van der Waals surface area contributed by atoms with Gasteiger partial charge in [-0.3, -0.25) is 9.59 Å². The Kier molecular flexibility index (Phi) is 5.14. The number of rotatable bonds is 4. The van der Waals surface area contributed by atoms with Crippen molar-refractivity contribution in [2.45, 2.75) is 5.38 Å². The van der Waals surface area contributed by atoms with Crippen molar-refractivity contribution in [2.24, 2.45) is 0 Å². The summed E-state index contributed by atoms with van der Waals surface area (Å²) in [4.78, 5) is 25.0. The van der Waals surface area contributed by atoms with Crippen LogP contribution in [0, 0.1) is 5.82 Å². The average Bonchev–Trinajstić information content (AvgIpc) is 2.74. The van der Waals surface area contributed by atoms with Crippen molar-refractivity contribution in [1.29, 1.82) is 0 Å². The number of benzene rings is 3. The van der Waals surface area contributed by atoms with E-state index in [9.17, 15) is 14.0 Å². The van der Waals surface area contributed by atoms with Gasteiger partial charge in [0, 0.05) is 17.3 Å². The smallest absolute Gasteiger partial charge is 0.246 e. The molecule has 0 aliphatic carbocycles. The van der Waals surface area contributed by atoms with Crippen LogP contribution in [0.3, 0.4) is 0 Å². The highest BCUT2D eigenvalue weighted by Gasteiger charge is 2.18. The molecule has 4 rings (SSSR count). The maximum atomic E-state index is 13.1. The van der Waals surface area contributed by atoms with Crippen molar-refractivity contribution < 1.29 is 13.6 Å². The molecule has 0 saturated carbocycles. The van der Waals surface area contributed by atoms with Gasteiger partial charge in [-0.2, -0.15) is 0 Å². The molecular formula is C23H15ClFNO3. The summed E-state index contributed by atoms with van der Waals surface area (Å²) in [7, 11) is 0. The molecule has 0 aliphatic rings. The minimum Gasteiger partial charge on any atom is -0.456 e. The van der Waals surface area contributed by atoms with E-state index in [0.717, 1.165) is 0 Å². The molecule has 3 aromatic carbocycles. The van der Waals surface area contributed by atoms with Gasteiger partial charge in [0.15, 0.2) is 5.43 Å². The lowest BCUT2D eigenvalue weighted by molar-refractivity contribution is -0.116. The summed E-state index contributed by atoms with van der Waals surface area (Å²) >= 11 is 6.24. The zero-order valence-electron chi connectivity index (χ0n) is 15.1. The average molecular weight is 408 g/mol. The van der Waals surface area contributed by atoms with Crippen LogP contribution in [0.25, 0.3) is 22.3 Å². The molecule has 29 heavy (non-hydrogen) atoms. The molecule has 0 radical (unpaired) electrons.